The molecule has 1 fully saturated rings. The third-order valence-corrected chi connectivity index (χ3v) is 5.15. The number of hydrogen-bond acceptors (Lipinski definition) is 4. The van der Waals surface area contributed by atoms with Crippen molar-refractivity contribution in [3.8, 4) is 5.75 Å². The molecule has 2 aromatic rings. The Bertz CT molecular complexity index is 924. The Hall–Kier alpha value is -2.55. The number of benzene rings is 2. The number of hydrogen-bond donors (Lipinski definition) is 0. The molecule has 1 aliphatic rings. The van der Waals surface area contributed by atoms with Crippen LogP contribution in [-0.4, -0.2) is 20.9 Å². The van der Waals surface area contributed by atoms with Gasteiger partial charge in [0.15, 0.2) is 5.75 Å². The molecule has 2 aromatic carbocycles. The largest absolute Gasteiger partial charge is 0.420 e. The summed E-state index contributed by atoms with van der Waals surface area (Å²) < 4.78 is 68.2. The molecule has 26 heavy (non-hydrogen) atoms. The Kier molecular flexibility index (Phi) is 4.66. The van der Waals surface area contributed by atoms with Crippen LogP contribution in [0.4, 0.5) is 18.9 Å². The normalized spacial score (nSPS) is 15.3. The van der Waals surface area contributed by atoms with Crippen LogP contribution < -0.4 is 9.08 Å². The summed E-state index contributed by atoms with van der Waals surface area (Å²) in [5.41, 5.74) is -0.648. The maximum Gasteiger partial charge on any atom is 0.420 e. The predicted octanol–water partition coefficient (Wildman–Crippen LogP) is 3.60. The van der Waals surface area contributed by atoms with Gasteiger partial charge in [0.2, 0.25) is 5.91 Å². The van der Waals surface area contributed by atoms with E-state index in [0.29, 0.717) is 18.7 Å². The van der Waals surface area contributed by atoms with E-state index in [4.69, 9.17) is 4.18 Å². The second-order valence-electron chi connectivity index (χ2n) is 5.67. The van der Waals surface area contributed by atoms with Crippen LogP contribution >= 0.6 is 0 Å². The van der Waals surface area contributed by atoms with Gasteiger partial charge in [-0.05, 0) is 42.8 Å². The summed E-state index contributed by atoms with van der Waals surface area (Å²) in [5, 5.41) is 0. The van der Waals surface area contributed by atoms with Crippen LogP contribution in [0.5, 0.6) is 5.75 Å². The second-order valence-corrected chi connectivity index (χ2v) is 7.22. The number of nitrogens with zero attached hydrogens (tertiary/aromatic N) is 1. The fourth-order valence-corrected chi connectivity index (χ4v) is 3.60. The lowest BCUT2D eigenvalue weighted by atomic mass is 10.2. The zero-order valence-electron chi connectivity index (χ0n) is 13.4. The van der Waals surface area contributed by atoms with Crippen molar-refractivity contribution in [1.82, 2.24) is 0 Å². The third kappa shape index (κ3) is 3.67. The summed E-state index contributed by atoms with van der Waals surface area (Å²) in [4.78, 5) is 12.9. The lowest BCUT2D eigenvalue weighted by molar-refractivity contribution is -0.138. The Morgan fingerprint density at radius 2 is 1.65 bits per heavy atom. The van der Waals surface area contributed by atoms with E-state index in [2.05, 4.69) is 0 Å². The van der Waals surface area contributed by atoms with Gasteiger partial charge in [0.05, 0.1) is 5.56 Å². The third-order valence-electron chi connectivity index (χ3n) is 3.90. The number of carbonyl (C=O) groups is 1. The molecule has 5 nitrogen and oxygen atoms in total. The first-order chi connectivity index (χ1) is 12.2. The smallest absolute Gasteiger partial charge is 0.378 e. The van der Waals surface area contributed by atoms with Crippen molar-refractivity contribution in [3.05, 3.63) is 54.1 Å². The van der Waals surface area contributed by atoms with Crippen LogP contribution in [0.15, 0.2) is 53.4 Å². The van der Waals surface area contributed by atoms with Crippen LogP contribution in [0.3, 0.4) is 0 Å². The van der Waals surface area contributed by atoms with Gasteiger partial charge >= 0.3 is 16.3 Å². The van der Waals surface area contributed by atoms with Crippen molar-refractivity contribution in [2.75, 3.05) is 11.4 Å². The van der Waals surface area contributed by atoms with Gasteiger partial charge in [-0.15, -0.1) is 0 Å². The Morgan fingerprint density at radius 3 is 2.23 bits per heavy atom. The molecule has 0 saturated carbocycles. The average molecular weight is 385 g/mol. The zero-order chi connectivity index (χ0) is 18.9. The highest BCUT2D eigenvalue weighted by atomic mass is 32.2. The lowest BCUT2D eigenvalue weighted by Crippen LogP contribution is -2.23. The van der Waals surface area contributed by atoms with Gasteiger partial charge in [-0.1, -0.05) is 12.1 Å². The van der Waals surface area contributed by atoms with Gasteiger partial charge in [-0.2, -0.15) is 21.6 Å². The number of halogens is 3. The van der Waals surface area contributed by atoms with Gasteiger partial charge in [-0.25, -0.2) is 0 Å². The topological polar surface area (TPSA) is 63.7 Å². The average Bonchev–Trinajstić information content (AvgIpc) is 3.00. The molecule has 138 valence electrons. The van der Waals surface area contributed by atoms with E-state index in [0.717, 1.165) is 24.6 Å². The van der Waals surface area contributed by atoms with E-state index in [-0.39, 0.29) is 10.8 Å². The summed E-state index contributed by atoms with van der Waals surface area (Å²) in [6, 6.07) is 9.33. The lowest BCUT2D eigenvalue weighted by Gasteiger charge is -2.16. The number of anilines is 1. The highest BCUT2D eigenvalue weighted by molar-refractivity contribution is 7.87. The molecule has 1 saturated heterocycles. The van der Waals surface area contributed by atoms with E-state index in [1.807, 2.05) is 0 Å². The monoisotopic (exact) mass is 385 g/mol. The molecule has 0 N–H and O–H groups in total. The summed E-state index contributed by atoms with van der Waals surface area (Å²) >= 11 is 0. The number of carbonyl (C=O) groups excluding carboxylic acids is 1. The van der Waals surface area contributed by atoms with Crippen LogP contribution in [0.25, 0.3) is 0 Å². The maximum atomic E-state index is 13.0. The first kappa shape index (κ1) is 18.2. The van der Waals surface area contributed by atoms with Crippen LogP contribution in [0.1, 0.15) is 18.4 Å². The predicted molar refractivity (Wildman–Crippen MR) is 87.3 cm³/mol. The fraction of sp³-hybridized carbons (Fsp3) is 0.235. The van der Waals surface area contributed by atoms with E-state index >= 15 is 0 Å². The van der Waals surface area contributed by atoms with E-state index in [1.165, 1.54) is 35.2 Å². The van der Waals surface area contributed by atoms with Crippen molar-refractivity contribution >= 4 is 21.7 Å². The van der Waals surface area contributed by atoms with Crippen molar-refractivity contribution in [3.63, 3.8) is 0 Å². The maximum absolute atomic E-state index is 13.0. The molecule has 1 heterocycles. The number of amides is 1. The second kappa shape index (κ2) is 6.64. The van der Waals surface area contributed by atoms with Crippen LogP contribution in [-0.2, 0) is 21.1 Å². The summed E-state index contributed by atoms with van der Waals surface area (Å²) in [5.74, 6) is -0.852. The fourth-order valence-electron chi connectivity index (χ4n) is 2.65. The van der Waals surface area contributed by atoms with E-state index in [9.17, 15) is 26.4 Å². The van der Waals surface area contributed by atoms with Crippen molar-refractivity contribution in [2.45, 2.75) is 23.9 Å². The molecule has 1 aliphatic heterocycles. The SMILES string of the molecule is O=C1CCCN1c1ccc(S(=O)(=O)Oc2ccccc2C(F)(F)F)cc1. The first-order valence-electron chi connectivity index (χ1n) is 7.70. The molecule has 0 aliphatic carbocycles. The van der Waals surface area contributed by atoms with Crippen molar-refractivity contribution in [2.24, 2.45) is 0 Å². The van der Waals surface area contributed by atoms with Gasteiger partial charge < -0.3 is 9.08 Å². The molecule has 0 spiro atoms. The Balaban J connectivity index is 1.87. The molecule has 0 unspecified atom stereocenters. The molecule has 0 radical (unpaired) electrons. The first-order valence-corrected chi connectivity index (χ1v) is 9.10. The molecule has 0 aromatic heterocycles. The minimum atomic E-state index is -4.74. The number of alkyl halides is 3. The Labute approximate surface area is 148 Å². The van der Waals surface area contributed by atoms with Crippen LogP contribution in [0, 0.1) is 0 Å². The van der Waals surface area contributed by atoms with Gasteiger partial charge in [-0.3, -0.25) is 4.79 Å². The van der Waals surface area contributed by atoms with Gasteiger partial charge in [0.25, 0.3) is 0 Å². The molecule has 9 heteroatoms. The van der Waals surface area contributed by atoms with Gasteiger partial charge in [0, 0.05) is 18.7 Å². The van der Waals surface area contributed by atoms with E-state index < -0.39 is 27.6 Å². The number of para-hydroxylation sites is 1. The highest BCUT2D eigenvalue weighted by Gasteiger charge is 2.35. The molecule has 1 amide bonds. The minimum Gasteiger partial charge on any atom is -0.378 e. The van der Waals surface area contributed by atoms with Crippen molar-refractivity contribution in [1.29, 1.82) is 0 Å². The molecule has 0 atom stereocenters. The standard InChI is InChI=1S/C17H14F3NO4S/c18-17(19,20)14-4-1-2-5-15(14)25-26(23,24)13-9-7-12(8-10-13)21-11-3-6-16(21)22/h1-2,4-5,7-10H,3,6,11H2. The van der Waals surface area contributed by atoms with Gasteiger partial charge in [0.1, 0.15) is 4.90 Å². The molecular formula is C17H14F3NO4S. The zero-order valence-corrected chi connectivity index (χ0v) is 14.2. The highest BCUT2D eigenvalue weighted by Crippen LogP contribution is 2.37. The van der Waals surface area contributed by atoms with Crippen molar-refractivity contribution < 1.29 is 30.6 Å². The number of rotatable bonds is 4. The summed E-state index contributed by atoms with van der Waals surface area (Å²) in [6.45, 7) is 0.542. The summed E-state index contributed by atoms with van der Waals surface area (Å²) in [7, 11) is -4.45. The van der Waals surface area contributed by atoms with E-state index in [1.54, 1.807) is 0 Å². The quantitative estimate of drug-likeness (QED) is 0.755. The minimum absolute atomic E-state index is 0.0593. The summed E-state index contributed by atoms with van der Waals surface area (Å²) in [6.07, 6.45) is -3.60. The Morgan fingerprint density at radius 1 is 1.00 bits per heavy atom. The molecule has 3 rings (SSSR count). The molecular weight excluding hydrogens is 371 g/mol. The van der Waals surface area contributed by atoms with Crippen LogP contribution in [0.2, 0.25) is 0 Å². The molecule has 0 bridgehead atoms.